The molecule has 1 atom stereocenters. The molecule has 0 aromatic heterocycles. The van der Waals surface area contributed by atoms with Gasteiger partial charge in [-0.25, -0.2) is 0 Å². The highest BCUT2D eigenvalue weighted by Crippen LogP contribution is 2.46. The summed E-state index contributed by atoms with van der Waals surface area (Å²) in [4.78, 5) is 11.6. The molecule has 1 saturated carbocycles. The summed E-state index contributed by atoms with van der Waals surface area (Å²) in [6, 6.07) is 7.44. The van der Waals surface area contributed by atoms with Gasteiger partial charge in [-0.2, -0.15) is 0 Å². The Bertz CT molecular complexity index is 454. The van der Waals surface area contributed by atoms with Gasteiger partial charge in [-0.05, 0) is 18.9 Å². The molecule has 1 aromatic carbocycles. The van der Waals surface area contributed by atoms with Crippen LogP contribution >= 0.6 is 0 Å². The number of aliphatic hydroxyl groups excluding tert-OH is 1. The molecule has 1 aliphatic heterocycles. The van der Waals surface area contributed by atoms with Crippen molar-refractivity contribution in [1.29, 1.82) is 0 Å². The Hall–Kier alpha value is -1.39. The number of nitrogens with one attached hydrogen (secondary N) is 1. The Balaban J connectivity index is 1.72. The van der Waals surface area contributed by atoms with E-state index in [0.29, 0.717) is 12.2 Å². The molecule has 17 heavy (non-hydrogen) atoms. The van der Waals surface area contributed by atoms with Crippen LogP contribution in [-0.2, 0) is 4.74 Å². The summed E-state index contributed by atoms with van der Waals surface area (Å²) in [5, 5.41) is 12.0. The molecule has 1 aromatic rings. The van der Waals surface area contributed by atoms with Crippen LogP contribution < -0.4 is 5.32 Å². The number of aliphatic hydroxyl groups is 1. The Morgan fingerprint density at radius 2 is 2.18 bits per heavy atom. The second-order valence-corrected chi connectivity index (χ2v) is 4.91. The number of benzene rings is 1. The number of ether oxygens (including phenoxy) is 1. The van der Waals surface area contributed by atoms with Crippen LogP contribution in [0.25, 0.3) is 0 Å². The smallest absolute Gasteiger partial charge is 0.253 e. The van der Waals surface area contributed by atoms with Crippen molar-refractivity contribution >= 4 is 5.91 Å². The van der Waals surface area contributed by atoms with Crippen LogP contribution in [0.5, 0.6) is 0 Å². The van der Waals surface area contributed by atoms with E-state index in [9.17, 15) is 9.90 Å². The minimum atomic E-state index is -0.359. The Morgan fingerprint density at radius 1 is 1.41 bits per heavy atom. The van der Waals surface area contributed by atoms with Crippen molar-refractivity contribution < 1.29 is 14.6 Å². The largest absolute Gasteiger partial charge is 0.396 e. The zero-order chi connectivity index (χ0) is 11.9. The van der Waals surface area contributed by atoms with Gasteiger partial charge >= 0.3 is 0 Å². The maximum atomic E-state index is 11.6. The first kappa shape index (κ1) is 10.7. The van der Waals surface area contributed by atoms with Gasteiger partial charge in [0.15, 0.2) is 6.23 Å². The third-order valence-corrected chi connectivity index (χ3v) is 3.60. The van der Waals surface area contributed by atoms with Crippen molar-refractivity contribution in [3.05, 3.63) is 35.4 Å². The molecule has 0 bridgehead atoms. The highest BCUT2D eigenvalue weighted by Gasteiger charge is 2.43. The summed E-state index contributed by atoms with van der Waals surface area (Å²) in [5.74, 6) is -0.0838. The average Bonchev–Trinajstić information content (AvgIpc) is 3.08. The van der Waals surface area contributed by atoms with E-state index >= 15 is 0 Å². The van der Waals surface area contributed by atoms with Crippen LogP contribution in [0.15, 0.2) is 24.3 Å². The number of hydrogen-bond acceptors (Lipinski definition) is 3. The lowest BCUT2D eigenvalue weighted by atomic mass is 10.1. The number of carbonyl (C=O) groups excluding carboxylic acids is 1. The Kier molecular flexibility index (Phi) is 2.42. The van der Waals surface area contributed by atoms with E-state index < -0.39 is 0 Å². The lowest BCUT2D eigenvalue weighted by molar-refractivity contribution is -0.00484. The first-order chi connectivity index (χ1) is 8.24. The van der Waals surface area contributed by atoms with Crippen molar-refractivity contribution in [1.82, 2.24) is 5.32 Å². The van der Waals surface area contributed by atoms with E-state index in [2.05, 4.69) is 5.32 Å². The van der Waals surface area contributed by atoms with Crippen molar-refractivity contribution in [2.45, 2.75) is 19.1 Å². The van der Waals surface area contributed by atoms with Gasteiger partial charge in [-0.1, -0.05) is 18.2 Å². The van der Waals surface area contributed by atoms with E-state index in [1.807, 2.05) is 18.2 Å². The monoisotopic (exact) mass is 233 g/mol. The molecule has 0 saturated heterocycles. The third-order valence-electron chi connectivity index (χ3n) is 3.60. The Morgan fingerprint density at radius 3 is 2.88 bits per heavy atom. The normalized spacial score (nSPS) is 24.3. The topological polar surface area (TPSA) is 58.6 Å². The van der Waals surface area contributed by atoms with Gasteiger partial charge in [0, 0.05) is 16.5 Å². The summed E-state index contributed by atoms with van der Waals surface area (Å²) >= 11 is 0. The van der Waals surface area contributed by atoms with Crippen LogP contribution in [0.2, 0.25) is 0 Å². The van der Waals surface area contributed by atoms with Crippen LogP contribution in [0, 0.1) is 5.41 Å². The molecule has 1 unspecified atom stereocenters. The molecule has 1 fully saturated rings. The first-order valence-corrected chi connectivity index (χ1v) is 5.86. The van der Waals surface area contributed by atoms with Gasteiger partial charge in [0.25, 0.3) is 5.91 Å². The van der Waals surface area contributed by atoms with E-state index in [-0.39, 0.29) is 24.2 Å². The second kappa shape index (κ2) is 3.82. The zero-order valence-electron chi connectivity index (χ0n) is 9.48. The maximum Gasteiger partial charge on any atom is 0.253 e. The van der Waals surface area contributed by atoms with Gasteiger partial charge in [0.05, 0.1) is 13.2 Å². The number of amides is 1. The molecular weight excluding hydrogens is 218 g/mol. The van der Waals surface area contributed by atoms with E-state index in [0.717, 1.165) is 18.4 Å². The molecule has 0 spiro atoms. The van der Waals surface area contributed by atoms with Gasteiger partial charge < -0.3 is 15.2 Å². The molecule has 2 N–H and O–H groups in total. The lowest BCUT2D eigenvalue weighted by Gasteiger charge is -2.17. The highest BCUT2D eigenvalue weighted by atomic mass is 16.5. The molecule has 3 rings (SSSR count). The number of carbonyl (C=O) groups is 1. The third kappa shape index (κ3) is 1.83. The summed E-state index contributed by atoms with van der Waals surface area (Å²) in [6.07, 6.45) is 1.65. The summed E-state index contributed by atoms with van der Waals surface area (Å²) in [7, 11) is 0. The van der Waals surface area contributed by atoms with Crippen LogP contribution in [0.1, 0.15) is 35.0 Å². The molecular formula is C13H15NO3. The highest BCUT2D eigenvalue weighted by molar-refractivity contribution is 5.98. The molecule has 1 aliphatic carbocycles. The fourth-order valence-corrected chi connectivity index (χ4v) is 2.12. The zero-order valence-corrected chi connectivity index (χ0v) is 9.48. The summed E-state index contributed by atoms with van der Waals surface area (Å²) < 4.78 is 5.73. The van der Waals surface area contributed by atoms with E-state index in [1.165, 1.54) is 0 Å². The molecule has 1 amide bonds. The molecule has 1 heterocycles. The minimum Gasteiger partial charge on any atom is -0.396 e. The Labute approximate surface area is 99.6 Å². The maximum absolute atomic E-state index is 11.6. The molecule has 4 heteroatoms. The van der Waals surface area contributed by atoms with Crippen molar-refractivity contribution in [3.63, 3.8) is 0 Å². The van der Waals surface area contributed by atoms with Gasteiger partial charge in [0.1, 0.15) is 0 Å². The van der Waals surface area contributed by atoms with Crippen molar-refractivity contribution in [2.75, 3.05) is 13.2 Å². The minimum absolute atomic E-state index is 0.0533. The van der Waals surface area contributed by atoms with Crippen molar-refractivity contribution in [3.8, 4) is 0 Å². The van der Waals surface area contributed by atoms with E-state index in [4.69, 9.17) is 4.74 Å². The summed E-state index contributed by atoms with van der Waals surface area (Å²) in [5.41, 5.74) is 1.53. The van der Waals surface area contributed by atoms with Gasteiger partial charge in [-0.3, -0.25) is 4.79 Å². The molecule has 4 nitrogen and oxygen atoms in total. The molecule has 2 aliphatic rings. The SMILES string of the molecule is O=C1NC(OCC2(CO)CC2)c2ccccc21. The number of fused-ring (bicyclic) bond motifs is 1. The predicted molar refractivity (Wildman–Crippen MR) is 61.4 cm³/mol. The quantitative estimate of drug-likeness (QED) is 0.822. The van der Waals surface area contributed by atoms with Crippen LogP contribution in [0.3, 0.4) is 0 Å². The fraction of sp³-hybridized carbons (Fsp3) is 0.462. The molecule has 0 radical (unpaired) electrons. The fourth-order valence-electron chi connectivity index (χ4n) is 2.12. The van der Waals surface area contributed by atoms with Gasteiger partial charge in [-0.15, -0.1) is 0 Å². The van der Waals surface area contributed by atoms with Gasteiger partial charge in [0.2, 0.25) is 0 Å². The predicted octanol–water partition coefficient (Wildman–Crippen LogP) is 1.22. The number of hydrogen-bond donors (Lipinski definition) is 2. The first-order valence-electron chi connectivity index (χ1n) is 5.86. The van der Waals surface area contributed by atoms with Crippen molar-refractivity contribution in [2.24, 2.45) is 5.41 Å². The lowest BCUT2D eigenvalue weighted by Crippen LogP contribution is -2.25. The standard InChI is InChI=1S/C13H15NO3/c15-7-13(5-6-13)8-17-12-10-4-2-1-3-9(10)11(16)14-12/h1-4,12,15H,5-8H2,(H,14,16). The van der Waals surface area contributed by atoms with Crippen LogP contribution in [-0.4, -0.2) is 24.2 Å². The second-order valence-electron chi connectivity index (χ2n) is 4.91. The molecule has 90 valence electrons. The average molecular weight is 233 g/mol. The van der Waals surface area contributed by atoms with E-state index in [1.54, 1.807) is 6.07 Å². The van der Waals surface area contributed by atoms with Crippen LogP contribution in [0.4, 0.5) is 0 Å². The number of rotatable bonds is 4. The summed E-state index contributed by atoms with van der Waals surface area (Å²) in [6.45, 7) is 0.665.